The van der Waals surface area contributed by atoms with Crippen molar-refractivity contribution in [2.45, 2.75) is 6.92 Å². The molecule has 0 saturated carbocycles. The standard InChI is InChI=1S/C15H14ClN3O2/c1-2-21-15(20)10-8-19-14(18)11(12(10)16)13(17)9-6-4-3-5-7-9/h3-8,17H,2H2,1H3,(H2,18,19). The van der Waals surface area contributed by atoms with Gasteiger partial charge in [0.2, 0.25) is 0 Å². The van der Waals surface area contributed by atoms with Crippen molar-refractivity contribution in [1.29, 1.82) is 5.41 Å². The fourth-order valence-electron chi connectivity index (χ4n) is 1.84. The predicted molar refractivity (Wildman–Crippen MR) is 82.0 cm³/mol. The molecule has 0 aliphatic carbocycles. The van der Waals surface area contributed by atoms with E-state index in [2.05, 4.69) is 4.98 Å². The van der Waals surface area contributed by atoms with E-state index in [0.717, 1.165) is 0 Å². The molecule has 6 heteroatoms. The van der Waals surface area contributed by atoms with Gasteiger partial charge in [0.1, 0.15) is 5.82 Å². The van der Waals surface area contributed by atoms with Gasteiger partial charge in [-0.15, -0.1) is 0 Å². The first kappa shape index (κ1) is 15.0. The highest BCUT2D eigenvalue weighted by atomic mass is 35.5. The monoisotopic (exact) mass is 303 g/mol. The molecule has 0 aliphatic rings. The van der Waals surface area contributed by atoms with Crippen LogP contribution >= 0.6 is 11.6 Å². The minimum atomic E-state index is -0.586. The van der Waals surface area contributed by atoms with E-state index in [0.29, 0.717) is 5.56 Å². The van der Waals surface area contributed by atoms with Crippen LogP contribution in [0.2, 0.25) is 5.02 Å². The Hall–Kier alpha value is -2.40. The number of hydrogen-bond acceptors (Lipinski definition) is 5. The van der Waals surface area contributed by atoms with Crippen LogP contribution in [0.25, 0.3) is 0 Å². The van der Waals surface area contributed by atoms with Crippen molar-refractivity contribution in [2.24, 2.45) is 0 Å². The molecule has 0 atom stereocenters. The van der Waals surface area contributed by atoms with Gasteiger partial charge in [-0.3, -0.25) is 5.41 Å². The fourth-order valence-corrected chi connectivity index (χ4v) is 2.16. The van der Waals surface area contributed by atoms with Gasteiger partial charge in [-0.2, -0.15) is 0 Å². The molecule has 1 aromatic heterocycles. The second-order valence-corrected chi connectivity index (χ2v) is 4.59. The Morgan fingerprint density at radius 2 is 2.05 bits per heavy atom. The van der Waals surface area contributed by atoms with E-state index >= 15 is 0 Å². The number of nitrogens with zero attached hydrogens (tertiary/aromatic N) is 1. The van der Waals surface area contributed by atoms with Crippen LogP contribution in [0.15, 0.2) is 36.5 Å². The largest absolute Gasteiger partial charge is 0.462 e. The highest BCUT2D eigenvalue weighted by Gasteiger charge is 2.21. The van der Waals surface area contributed by atoms with E-state index < -0.39 is 5.97 Å². The first-order valence-electron chi connectivity index (χ1n) is 6.31. The zero-order chi connectivity index (χ0) is 15.4. The molecule has 2 rings (SSSR count). The summed E-state index contributed by atoms with van der Waals surface area (Å²) < 4.78 is 4.91. The minimum Gasteiger partial charge on any atom is -0.462 e. The molecular weight excluding hydrogens is 290 g/mol. The number of esters is 1. The molecule has 2 aromatic rings. The van der Waals surface area contributed by atoms with E-state index in [1.54, 1.807) is 31.2 Å². The van der Waals surface area contributed by atoms with Crippen molar-refractivity contribution in [1.82, 2.24) is 4.98 Å². The van der Waals surface area contributed by atoms with Crippen LogP contribution in [0.4, 0.5) is 5.82 Å². The molecule has 1 heterocycles. The summed E-state index contributed by atoms with van der Waals surface area (Å²) in [7, 11) is 0. The van der Waals surface area contributed by atoms with Crippen molar-refractivity contribution in [2.75, 3.05) is 12.3 Å². The smallest absolute Gasteiger partial charge is 0.341 e. The number of nitrogen functional groups attached to an aromatic ring is 1. The molecule has 108 valence electrons. The first-order valence-corrected chi connectivity index (χ1v) is 6.69. The number of hydrogen-bond donors (Lipinski definition) is 2. The molecule has 0 saturated heterocycles. The first-order chi connectivity index (χ1) is 10.1. The lowest BCUT2D eigenvalue weighted by molar-refractivity contribution is 0.0526. The van der Waals surface area contributed by atoms with E-state index in [9.17, 15) is 4.79 Å². The highest BCUT2D eigenvalue weighted by Crippen LogP contribution is 2.27. The molecule has 3 N–H and O–H groups in total. The lowest BCUT2D eigenvalue weighted by Gasteiger charge is -2.12. The fraction of sp³-hybridized carbons (Fsp3) is 0.133. The summed E-state index contributed by atoms with van der Waals surface area (Å²) in [6, 6.07) is 8.96. The Labute approximate surface area is 127 Å². The van der Waals surface area contributed by atoms with E-state index in [1.807, 2.05) is 6.07 Å². The van der Waals surface area contributed by atoms with Gasteiger partial charge in [-0.25, -0.2) is 9.78 Å². The third-order valence-electron chi connectivity index (χ3n) is 2.85. The number of nitrogens with one attached hydrogen (secondary N) is 1. The topological polar surface area (TPSA) is 89.1 Å². The number of aromatic nitrogens is 1. The number of halogens is 1. The van der Waals surface area contributed by atoms with Crippen LogP contribution in [-0.4, -0.2) is 23.3 Å². The van der Waals surface area contributed by atoms with Crippen LogP contribution in [-0.2, 0) is 4.74 Å². The normalized spacial score (nSPS) is 10.2. The molecule has 0 fully saturated rings. The van der Waals surface area contributed by atoms with Gasteiger partial charge in [0, 0.05) is 11.8 Å². The summed E-state index contributed by atoms with van der Waals surface area (Å²) in [6.07, 6.45) is 1.26. The number of rotatable bonds is 4. The van der Waals surface area contributed by atoms with E-state index in [1.165, 1.54) is 6.20 Å². The number of anilines is 1. The lowest BCUT2D eigenvalue weighted by atomic mass is 10.0. The van der Waals surface area contributed by atoms with Crippen molar-refractivity contribution < 1.29 is 9.53 Å². The van der Waals surface area contributed by atoms with Gasteiger partial charge < -0.3 is 10.5 Å². The number of nitrogens with two attached hydrogens (primary N) is 1. The average Bonchev–Trinajstić information content (AvgIpc) is 2.48. The zero-order valence-electron chi connectivity index (χ0n) is 11.4. The van der Waals surface area contributed by atoms with Crippen molar-refractivity contribution in [3.63, 3.8) is 0 Å². The minimum absolute atomic E-state index is 0.0785. The molecule has 0 spiro atoms. The van der Waals surface area contributed by atoms with Crippen molar-refractivity contribution in [3.8, 4) is 0 Å². The summed E-state index contributed by atoms with van der Waals surface area (Å²) in [4.78, 5) is 15.8. The maximum absolute atomic E-state index is 11.8. The average molecular weight is 304 g/mol. The molecule has 0 unspecified atom stereocenters. The number of pyridine rings is 1. The third kappa shape index (κ3) is 3.03. The third-order valence-corrected chi connectivity index (χ3v) is 3.25. The Morgan fingerprint density at radius 3 is 2.67 bits per heavy atom. The molecule has 0 aliphatic heterocycles. The summed E-state index contributed by atoms with van der Waals surface area (Å²) in [6.45, 7) is 1.93. The maximum Gasteiger partial charge on any atom is 0.341 e. The second-order valence-electron chi connectivity index (χ2n) is 4.21. The van der Waals surface area contributed by atoms with Gasteiger partial charge in [0.05, 0.1) is 28.5 Å². The van der Waals surface area contributed by atoms with Crippen LogP contribution in [0, 0.1) is 5.41 Å². The zero-order valence-corrected chi connectivity index (χ0v) is 12.1. The van der Waals surface area contributed by atoms with Gasteiger partial charge in [-0.1, -0.05) is 41.9 Å². The molecule has 21 heavy (non-hydrogen) atoms. The summed E-state index contributed by atoms with van der Waals surface area (Å²) in [5, 5.41) is 8.31. The second kappa shape index (κ2) is 6.37. The molecule has 0 bridgehead atoms. The number of carbonyl (C=O) groups is 1. The van der Waals surface area contributed by atoms with Crippen LogP contribution in [0.1, 0.15) is 28.4 Å². The molecular formula is C15H14ClN3O2. The van der Waals surface area contributed by atoms with Crippen LogP contribution in [0.5, 0.6) is 0 Å². The van der Waals surface area contributed by atoms with Gasteiger partial charge in [-0.05, 0) is 6.92 Å². The Morgan fingerprint density at radius 1 is 1.38 bits per heavy atom. The predicted octanol–water partition coefficient (Wildman–Crippen LogP) is 2.91. The quantitative estimate of drug-likeness (QED) is 0.671. The van der Waals surface area contributed by atoms with Crippen LogP contribution < -0.4 is 5.73 Å². The van der Waals surface area contributed by atoms with Gasteiger partial charge >= 0.3 is 5.97 Å². The van der Waals surface area contributed by atoms with E-state index in [4.69, 9.17) is 27.5 Å². The van der Waals surface area contributed by atoms with Crippen LogP contribution in [0.3, 0.4) is 0 Å². The van der Waals surface area contributed by atoms with Gasteiger partial charge in [0.25, 0.3) is 0 Å². The Bertz CT molecular complexity index is 687. The van der Waals surface area contributed by atoms with Crippen molar-refractivity contribution >= 4 is 29.1 Å². The molecule has 0 amide bonds. The molecule has 5 nitrogen and oxygen atoms in total. The van der Waals surface area contributed by atoms with Gasteiger partial charge in [0.15, 0.2) is 0 Å². The summed E-state index contributed by atoms with van der Waals surface area (Å²) in [5.74, 6) is -0.487. The van der Waals surface area contributed by atoms with E-state index in [-0.39, 0.29) is 34.3 Å². The number of ether oxygens (including phenoxy) is 1. The SMILES string of the molecule is CCOC(=O)c1cnc(N)c(C(=N)c2ccccc2)c1Cl. The number of carbonyl (C=O) groups excluding carboxylic acids is 1. The Balaban J connectivity index is 2.51. The Kier molecular flexibility index (Phi) is 4.55. The highest BCUT2D eigenvalue weighted by molar-refractivity contribution is 6.38. The summed E-state index contributed by atoms with van der Waals surface area (Å²) >= 11 is 6.23. The molecule has 1 aromatic carbocycles. The van der Waals surface area contributed by atoms with Crippen molar-refractivity contribution in [3.05, 3.63) is 58.2 Å². The number of benzene rings is 1. The maximum atomic E-state index is 11.8. The summed E-state index contributed by atoms with van der Waals surface area (Å²) in [5.41, 5.74) is 6.89. The molecule has 0 radical (unpaired) electrons. The lowest BCUT2D eigenvalue weighted by Crippen LogP contribution is -2.13.